The van der Waals surface area contributed by atoms with Gasteiger partial charge in [-0.3, -0.25) is 0 Å². The fourth-order valence-electron chi connectivity index (χ4n) is 2.10. The van der Waals surface area contributed by atoms with Crippen molar-refractivity contribution >= 4 is 11.8 Å². The number of hydrogen-bond donors (Lipinski definition) is 0. The Bertz CT molecular complexity index is 558. The van der Waals surface area contributed by atoms with Crippen LogP contribution in [0, 0.1) is 6.92 Å². The summed E-state index contributed by atoms with van der Waals surface area (Å²) in [6.45, 7) is 2.13. The molecule has 0 amide bonds. The van der Waals surface area contributed by atoms with Crippen LogP contribution >= 0.6 is 11.8 Å². The summed E-state index contributed by atoms with van der Waals surface area (Å²) in [6, 6.07) is 8.63. The summed E-state index contributed by atoms with van der Waals surface area (Å²) in [5.41, 5.74) is 2.65. The summed E-state index contributed by atoms with van der Waals surface area (Å²) in [4.78, 5) is 0. The quantitative estimate of drug-likeness (QED) is 0.789. The number of aryl methyl sites for hydroxylation is 1. The fourth-order valence-corrected chi connectivity index (χ4v) is 2.96. The Morgan fingerprint density at radius 2 is 2.17 bits per heavy atom. The zero-order chi connectivity index (χ0) is 12.5. The smallest absolute Gasteiger partial charge is 0.191 e. The lowest BCUT2D eigenvalue weighted by molar-refractivity contribution is 0.736. The van der Waals surface area contributed by atoms with Crippen LogP contribution in [0.2, 0.25) is 0 Å². The molecule has 18 heavy (non-hydrogen) atoms. The third-order valence-corrected chi connectivity index (χ3v) is 4.35. The Morgan fingerprint density at radius 1 is 1.33 bits per heavy atom. The molecule has 0 radical (unpaired) electrons. The first-order valence-electron chi connectivity index (χ1n) is 6.31. The number of aromatic nitrogens is 3. The van der Waals surface area contributed by atoms with E-state index in [0.717, 1.165) is 16.7 Å². The van der Waals surface area contributed by atoms with Crippen LogP contribution < -0.4 is 0 Å². The van der Waals surface area contributed by atoms with E-state index in [1.54, 1.807) is 11.8 Å². The molecule has 1 heterocycles. The van der Waals surface area contributed by atoms with E-state index in [1.165, 1.54) is 24.0 Å². The number of hydrogen-bond acceptors (Lipinski definition) is 3. The largest absolute Gasteiger partial charge is 0.309 e. The van der Waals surface area contributed by atoms with Gasteiger partial charge < -0.3 is 4.57 Å². The van der Waals surface area contributed by atoms with Gasteiger partial charge in [-0.25, -0.2) is 0 Å². The lowest BCUT2D eigenvalue weighted by atomic mass is 10.2. The molecule has 1 fully saturated rings. The first kappa shape index (κ1) is 11.8. The highest BCUT2D eigenvalue weighted by atomic mass is 32.2. The lowest BCUT2D eigenvalue weighted by Crippen LogP contribution is -1.97. The minimum atomic E-state index is 0.663. The summed E-state index contributed by atoms with van der Waals surface area (Å²) in [7, 11) is 2.08. The number of nitrogens with zero attached hydrogens (tertiary/aromatic N) is 3. The summed E-state index contributed by atoms with van der Waals surface area (Å²) in [5.74, 6) is 2.77. The van der Waals surface area contributed by atoms with Crippen molar-refractivity contribution in [3.63, 3.8) is 0 Å². The third kappa shape index (κ3) is 2.43. The highest BCUT2D eigenvalue weighted by Crippen LogP contribution is 2.39. The van der Waals surface area contributed by atoms with Crippen LogP contribution in [0.15, 0.2) is 29.4 Å². The molecule has 0 bridgehead atoms. The van der Waals surface area contributed by atoms with Crippen molar-refractivity contribution < 1.29 is 0 Å². The molecule has 0 spiro atoms. The van der Waals surface area contributed by atoms with Crippen molar-refractivity contribution in [1.29, 1.82) is 0 Å². The molecule has 1 aromatic carbocycles. The van der Waals surface area contributed by atoms with E-state index >= 15 is 0 Å². The fraction of sp³-hybridized carbons (Fsp3) is 0.429. The summed E-state index contributed by atoms with van der Waals surface area (Å²) in [6.07, 6.45) is 2.54. The van der Waals surface area contributed by atoms with Gasteiger partial charge in [0.15, 0.2) is 5.16 Å². The molecular weight excluding hydrogens is 242 g/mol. The van der Waals surface area contributed by atoms with E-state index in [0.29, 0.717) is 5.92 Å². The van der Waals surface area contributed by atoms with Crippen LogP contribution in [0.1, 0.15) is 35.7 Å². The van der Waals surface area contributed by atoms with E-state index in [1.807, 2.05) is 0 Å². The Hall–Kier alpha value is -1.29. The summed E-state index contributed by atoms with van der Waals surface area (Å²) >= 11 is 1.76. The normalized spacial score (nSPS) is 15.0. The van der Waals surface area contributed by atoms with E-state index in [9.17, 15) is 0 Å². The molecule has 3 nitrogen and oxygen atoms in total. The van der Waals surface area contributed by atoms with Crippen LogP contribution in [-0.2, 0) is 12.8 Å². The van der Waals surface area contributed by atoms with E-state index in [4.69, 9.17) is 0 Å². The Labute approximate surface area is 112 Å². The van der Waals surface area contributed by atoms with Gasteiger partial charge in [-0.05, 0) is 25.3 Å². The van der Waals surface area contributed by atoms with Crippen LogP contribution in [-0.4, -0.2) is 14.8 Å². The first-order valence-corrected chi connectivity index (χ1v) is 7.30. The second-order valence-corrected chi connectivity index (χ2v) is 5.89. The van der Waals surface area contributed by atoms with E-state index in [2.05, 4.69) is 53.0 Å². The van der Waals surface area contributed by atoms with Gasteiger partial charge in [-0.15, -0.1) is 10.2 Å². The molecule has 94 valence electrons. The minimum absolute atomic E-state index is 0.663. The average molecular weight is 259 g/mol. The zero-order valence-electron chi connectivity index (χ0n) is 10.8. The molecule has 1 aliphatic carbocycles. The maximum Gasteiger partial charge on any atom is 0.191 e. The predicted molar refractivity (Wildman–Crippen MR) is 73.7 cm³/mol. The first-order chi connectivity index (χ1) is 8.74. The maximum absolute atomic E-state index is 4.30. The van der Waals surface area contributed by atoms with Gasteiger partial charge in [-0.1, -0.05) is 41.6 Å². The summed E-state index contributed by atoms with van der Waals surface area (Å²) < 4.78 is 2.15. The second kappa shape index (κ2) is 4.76. The molecule has 0 N–H and O–H groups in total. The second-order valence-electron chi connectivity index (χ2n) is 4.95. The van der Waals surface area contributed by atoms with Crippen LogP contribution in [0.5, 0.6) is 0 Å². The van der Waals surface area contributed by atoms with Crippen molar-refractivity contribution in [2.24, 2.45) is 7.05 Å². The van der Waals surface area contributed by atoms with Gasteiger partial charge in [-0.2, -0.15) is 0 Å². The summed E-state index contributed by atoms with van der Waals surface area (Å²) in [5, 5.41) is 9.62. The molecule has 1 aromatic heterocycles. The van der Waals surface area contributed by atoms with Gasteiger partial charge in [0, 0.05) is 18.7 Å². The Balaban J connectivity index is 1.69. The van der Waals surface area contributed by atoms with Crippen molar-refractivity contribution in [2.45, 2.75) is 36.6 Å². The topological polar surface area (TPSA) is 30.7 Å². The average Bonchev–Trinajstić information content (AvgIpc) is 3.12. The molecule has 0 unspecified atom stereocenters. The number of rotatable bonds is 4. The van der Waals surface area contributed by atoms with Gasteiger partial charge in [0.2, 0.25) is 0 Å². The SMILES string of the molecule is Cc1cccc(CSc2nnc(C3CC3)n2C)c1. The zero-order valence-corrected chi connectivity index (χ0v) is 11.6. The van der Waals surface area contributed by atoms with Crippen LogP contribution in [0.4, 0.5) is 0 Å². The van der Waals surface area contributed by atoms with Crippen LogP contribution in [0.25, 0.3) is 0 Å². The Morgan fingerprint density at radius 3 is 2.89 bits per heavy atom. The molecule has 1 saturated carbocycles. The molecule has 4 heteroatoms. The standard InChI is InChI=1S/C14H17N3S/c1-10-4-3-5-11(8-10)9-18-14-16-15-13(17(14)2)12-6-7-12/h3-5,8,12H,6-7,9H2,1-2H3. The van der Waals surface area contributed by atoms with Crippen molar-refractivity contribution in [3.05, 3.63) is 41.2 Å². The molecular formula is C14H17N3S. The number of thioether (sulfide) groups is 1. The van der Waals surface area contributed by atoms with Gasteiger partial charge in [0.1, 0.15) is 5.82 Å². The molecule has 0 aliphatic heterocycles. The van der Waals surface area contributed by atoms with Crippen molar-refractivity contribution in [3.8, 4) is 0 Å². The predicted octanol–water partition coefficient (Wildman–Crippen LogP) is 3.29. The molecule has 3 rings (SSSR count). The minimum Gasteiger partial charge on any atom is -0.309 e. The number of benzene rings is 1. The molecule has 0 atom stereocenters. The van der Waals surface area contributed by atoms with Gasteiger partial charge >= 0.3 is 0 Å². The molecule has 2 aromatic rings. The molecule has 1 aliphatic rings. The van der Waals surface area contributed by atoms with E-state index < -0.39 is 0 Å². The third-order valence-electron chi connectivity index (χ3n) is 3.26. The van der Waals surface area contributed by atoms with Crippen LogP contribution in [0.3, 0.4) is 0 Å². The molecule has 0 saturated heterocycles. The lowest BCUT2D eigenvalue weighted by Gasteiger charge is -2.03. The Kier molecular flexibility index (Phi) is 3.12. The van der Waals surface area contributed by atoms with E-state index in [-0.39, 0.29) is 0 Å². The maximum atomic E-state index is 4.30. The highest BCUT2D eigenvalue weighted by molar-refractivity contribution is 7.98. The highest BCUT2D eigenvalue weighted by Gasteiger charge is 2.29. The monoisotopic (exact) mass is 259 g/mol. The van der Waals surface area contributed by atoms with Crippen molar-refractivity contribution in [1.82, 2.24) is 14.8 Å². The van der Waals surface area contributed by atoms with Gasteiger partial charge in [0.25, 0.3) is 0 Å². The van der Waals surface area contributed by atoms with Gasteiger partial charge in [0.05, 0.1) is 0 Å². The van der Waals surface area contributed by atoms with Crippen molar-refractivity contribution in [2.75, 3.05) is 0 Å².